The summed E-state index contributed by atoms with van der Waals surface area (Å²) >= 11 is 5.80. The Morgan fingerprint density at radius 1 is 1.16 bits per heavy atom. The van der Waals surface area contributed by atoms with Crippen molar-refractivity contribution in [3.8, 4) is 0 Å². The van der Waals surface area contributed by atoms with Gasteiger partial charge in [-0.25, -0.2) is 0 Å². The molecule has 130 valence electrons. The molecule has 6 nitrogen and oxygen atoms in total. The lowest BCUT2D eigenvalue weighted by Crippen LogP contribution is -2.16. The first-order valence-corrected chi connectivity index (χ1v) is 9.12. The maximum atomic E-state index is 12.6. The van der Waals surface area contributed by atoms with Crippen LogP contribution in [0.25, 0.3) is 0 Å². The zero-order chi connectivity index (χ0) is 18.9. The molecule has 1 unspecified atom stereocenters. The number of ether oxygens (including phenoxy) is 1. The van der Waals surface area contributed by atoms with Gasteiger partial charge in [0, 0.05) is 10.6 Å². The summed E-state index contributed by atoms with van der Waals surface area (Å²) in [5.74, 6) is -2.72. The second-order valence-electron chi connectivity index (χ2n) is 5.23. The van der Waals surface area contributed by atoms with E-state index in [0.29, 0.717) is 10.6 Å². The van der Waals surface area contributed by atoms with E-state index in [9.17, 15) is 13.2 Å². The first-order valence-electron chi connectivity index (χ1n) is 7.67. The highest BCUT2D eigenvalue weighted by molar-refractivity contribution is 7.86. The van der Waals surface area contributed by atoms with Crippen molar-refractivity contribution in [1.29, 1.82) is 0 Å². The summed E-state index contributed by atoms with van der Waals surface area (Å²) in [5.41, 5.74) is 6.24. The van der Waals surface area contributed by atoms with Gasteiger partial charge in [0.15, 0.2) is 6.08 Å². The highest BCUT2D eigenvalue weighted by atomic mass is 35.5. The molecule has 0 saturated carbocycles. The minimum Gasteiger partial charge on any atom is -0.460 e. The molecule has 0 amide bonds. The highest BCUT2D eigenvalue weighted by Crippen LogP contribution is 2.33. The van der Waals surface area contributed by atoms with Crippen LogP contribution < -0.4 is 5.73 Å². The van der Waals surface area contributed by atoms with Crippen LogP contribution in [0.3, 0.4) is 0 Å². The van der Waals surface area contributed by atoms with Crippen molar-refractivity contribution in [2.75, 3.05) is 0 Å². The molecule has 3 rings (SSSR count). The van der Waals surface area contributed by atoms with Crippen molar-refractivity contribution in [1.82, 2.24) is 0 Å². The molecule has 0 aromatic heterocycles. The molecule has 2 N–H and O–H groups in total. The number of carbonyl (C=O) groups is 1. The quantitative estimate of drug-likeness (QED) is 0.801. The van der Waals surface area contributed by atoms with E-state index in [4.69, 9.17) is 27.6 Å². The summed E-state index contributed by atoms with van der Waals surface area (Å²) in [5, 5.41) is 0.408. The van der Waals surface area contributed by atoms with Gasteiger partial charge in [0.25, 0.3) is 0 Å². The lowest BCUT2D eigenvalue weighted by molar-refractivity contribution is -0.123. The van der Waals surface area contributed by atoms with E-state index in [-0.39, 0.29) is 5.56 Å². The molecule has 2 aromatic rings. The third-order valence-electron chi connectivity index (χ3n) is 3.35. The van der Waals surface area contributed by atoms with E-state index in [2.05, 4.69) is 0 Å². The predicted molar refractivity (Wildman–Crippen MR) is 91.6 cm³/mol. The number of rotatable bonds is 5. The molecule has 0 fully saturated rings. The molecule has 0 aliphatic carbocycles. The zero-order valence-electron chi connectivity index (χ0n) is 13.8. The van der Waals surface area contributed by atoms with Gasteiger partial charge in [0.1, 0.15) is 5.75 Å². The molecule has 25 heavy (non-hydrogen) atoms. The number of nitrogens with two attached hydrogens (primary N) is 1. The molecule has 0 saturated heterocycles. The molecule has 1 heterocycles. The van der Waals surface area contributed by atoms with Crippen molar-refractivity contribution in [3.05, 3.63) is 82.4 Å². The number of benzene rings is 2. The van der Waals surface area contributed by atoms with Crippen LogP contribution in [0.2, 0.25) is 5.02 Å². The van der Waals surface area contributed by atoms with Crippen LogP contribution in [0.1, 0.15) is 18.6 Å². The molecule has 0 radical (unpaired) electrons. The van der Waals surface area contributed by atoms with Crippen molar-refractivity contribution in [3.63, 3.8) is 0 Å². The Hall–Kier alpha value is -2.51. The molecule has 2 aromatic carbocycles. The summed E-state index contributed by atoms with van der Waals surface area (Å²) in [6.45, 7) is 0. The van der Waals surface area contributed by atoms with Gasteiger partial charge < -0.3 is 14.7 Å². The summed E-state index contributed by atoms with van der Waals surface area (Å²) in [6, 6.07) is 14.1. The topological polar surface area (TPSA) is 95.7 Å². The van der Waals surface area contributed by atoms with Crippen LogP contribution >= 0.6 is 11.6 Å². The van der Waals surface area contributed by atoms with Crippen LogP contribution in [0.15, 0.2) is 66.2 Å². The highest BCUT2D eigenvalue weighted by Gasteiger charge is 2.39. The summed E-state index contributed by atoms with van der Waals surface area (Å²) < 4.78 is 42.8. The number of carbonyl (C=O) groups excluding carboxylic acids is 1. The van der Waals surface area contributed by atoms with Crippen LogP contribution in [-0.2, 0) is 29.6 Å². The van der Waals surface area contributed by atoms with Gasteiger partial charge in [-0.05, 0) is 17.7 Å². The predicted octanol–water partition coefficient (Wildman–Crippen LogP) is 2.65. The van der Waals surface area contributed by atoms with E-state index < -0.39 is 39.4 Å². The molecule has 0 spiro atoms. The van der Waals surface area contributed by atoms with Crippen LogP contribution in [-0.4, -0.2) is 14.2 Å². The van der Waals surface area contributed by atoms with Gasteiger partial charge in [-0.3, -0.25) is 4.79 Å². The number of hydrogen-bond acceptors (Lipinski definition) is 6. The minimum atomic E-state index is -4.17. The smallest absolute Gasteiger partial charge is 0.313 e. The molecule has 1 atom stereocenters. The normalized spacial score (nSPS) is 21.0. The van der Waals surface area contributed by atoms with Crippen LogP contribution in [0.5, 0.6) is 0 Å². The average molecular weight is 381 g/mol. The molecule has 1 aliphatic heterocycles. The van der Waals surface area contributed by atoms with Gasteiger partial charge in [-0.1, -0.05) is 54.1 Å². The molecule has 0 bridgehead atoms. The average Bonchev–Trinajstić information content (AvgIpc) is 2.80. The Balaban J connectivity index is 1.83. The van der Waals surface area contributed by atoms with E-state index in [1.807, 2.05) is 0 Å². The molecule has 8 heteroatoms. The fourth-order valence-electron chi connectivity index (χ4n) is 2.22. The Morgan fingerprint density at radius 2 is 1.80 bits per heavy atom. The zero-order valence-corrected chi connectivity index (χ0v) is 14.4. The third kappa shape index (κ3) is 3.94. The first-order chi connectivity index (χ1) is 12.2. The fraction of sp³-hybridized carbons (Fsp3) is 0.118. The van der Waals surface area contributed by atoms with E-state index in [1.54, 1.807) is 30.3 Å². The van der Waals surface area contributed by atoms with Gasteiger partial charge in [0.05, 0.1) is 1.37 Å². The SMILES string of the molecule is [2H]C1(c2ccc(Cl)cc2)OC(N)=C(OS(=O)(=O)Cc2ccccc2)C1=O. The van der Waals surface area contributed by atoms with Crippen molar-refractivity contribution in [2.45, 2.75) is 11.8 Å². The first kappa shape index (κ1) is 16.0. The largest absolute Gasteiger partial charge is 0.460 e. The Labute approximate surface area is 151 Å². The van der Waals surface area contributed by atoms with Crippen molar-refractivity contribution in [2.24, 2.45) is 5.73 Å². The maximum Gasteiger partial charge on any atom is 0.313 e. The summed E-state index contributed by atoms with van der Waals surface area (Å²) in [7, 11) is -4.17. The lowest BCUT2D eigenvalue weighted by Gasteiger charge is -2.10. The van der Waals surface area contributed by atoms with E-state index in [1.165, 1.54) is 24.3 Å². The van der Waals surface area contributed by atoms with Gasteiger partial charge >= 0.3 is 10.1 Å². The number of ketones is 1. The number of hydrogen-bond donors (Lipinski definition) is 1. The van der Waals surface area contributed by atoms with Crippen molar-refractivity contribution >= 4 is 27.5 Å². The lowest BCUT2D eigenvalue weighted by atomic mass is 10.1. The van der Waals surface area contributed by atoms with Crippen molar-refractivity contribution < 1.29 is 23.5 Å². The van der Waals surface area contributed by atoms with Gasteiger partial charge in [-0.2, -0.15) is 8.42 Å². The summed E-state index contributed by atoms with van der Waals surface area (Å²) in [6.07, 6.45) is -2.23. The molecular formula is C17H14ClNO5S. The number of halogens is 1. The Morgan fingerprint density at radius 3 is 2.44 bits per heavy atom. The third-order valence-corrected chi connectivity index (χ3v) is 4.71. The van der Waals surface area contributed by atoms with Crippen LogP contribution in [0, 0.1) is 0 Å². The number of Topliss-reactive ketones (excluding diaryl/α,β-unsaturated/α-hetero) is 1. The Bertz CT molecular complexity index is 976. The fourth-order valence-corrected chi connectivity index (χ4v) is 3.42. The molecular weight excluding hydrogens is 366 g/mol. The Kier molecular flexibility index (Phi) is 4.33. The van der Waals surface area contributed by atoms with Gasteiger partial charge in [-0.15, -0.1) is 0 Å². The molecule has 1 aliphatic rings. The van der Waals surface area contributed by atoms with Gasteiger partial charge in [0.2, 0.25) is 17.4 Å². The van der Waals surface area contributed by atoms with Crippen LogP contribution in [0.4, 0.5) is 0 Å². The minimum absolute atomic E-state index is 0.147. The second-order valence-corrected chi connectivity index (χ2v) is 7.24. The monoisotopic (exact) mass is 380 g/mol. The van der Waals surface area contributed by atoms with E-state index >= 15 is 0 Å². The second kappa shape index (κ2) is 6.78. The van der Waals surface area contributed by atoms with E-state index in [0.717, 1.165) is 0 Å². The summed E-state index contributed by atoms with van der Waals surface area (Å²) in [4.78, 5) is 12.6. The maximum absolute atomic E-state index is 12.6. The standard InChI is InChI=1S/C17H14ClNO5S/c18-13-8-6-12(7-9-13)15-14(20)16(17(19)23-15)24-25(21,22)10-11-4-2-1-3-5-11/h1-9,15H,10,19H2/i15D.